The molecule has 1 atom stereocenters. The molecule has 0 aromatic carbocycles. The minimum Gasteiger partial charge on any atom is -0.179 e. The molecule has 0 bridgehead atoms. The lowest BCUT2D eigenvalue weighted by atomic mass is 10.5. The van der Waals surface area contributed by atoms with E-state index >= 15 is 0 Å². The molecule has 0 saturated carbocycles. The highest BCUT2D eigenvalue weighted by atomic mass is 32.2. The molecule has 0 N–H and O–H groups in total. The van der Waals surface area contributed by atoms with E-state index in [0.29, 0.717) is 0 Å². The maximum atomic E-state index is 4.16. The molecule has 1 heterocycles. The first-order valence-corrected chi connectivity index (χ1v) is 7.74. The average molecular weight is 226 g/mol. The molecule has 1 unspecified atom stereocenters. The van der Waals surface area contributed by atoms with E-state index in [1.54, 1.807) is 0 Å². The van der Waals surface area contributed by atoms with Gasteiger partial charge in [-0.25, -0.2) is 0 Å². The summed E-state index contributed by atoms with van der Waals surface area (Å²) in [6.07, 6.45) is 1.44. The zero-order valence-corrected chi connectivity index (χ0v) is 9.84. The molecule has 0 radical (unpaired) electrons. The fourth-order valence-electron chi connectivity index (χ4n) is 0.751. The van der Waals surface area contributed by atoms with Crippen LogP contribution in [0.2, 0.25) is 0 Å². The highest BCUT2D eigenvalue weighted by Gasteiger charge is 2.17. The molecule has 0 spiro atoms. The molecule has 0 aromatic rings. The quantitative estimate of drug-likeness (QED) is 0.547. The number of thioether (sulfide) groups is 3. The van der Waals surface area contributed by atoms with Gasteiger partial charge in [0.15, 0.2) is 0 Å². The Balaban J connectivity index is 1.73. The van der Waals surface area contributed by atoms with Crippen LogP contribution < -0.4 is 0 Å². The Morgan fingerprint density at radius 3 is 2.73 bits per heavy atom. The van der Waals surface area contributed by atoms with Gasteiger partial charge >= 0.3 is 0 Å². The first kappa shape index (κ1) is 10.5. The van der Waals surface area contributed by atoms with Crippen LogP contribution in [0.15, 0.2) is 0 Å². The minimum atomic E-state index is 0.937. The zero-order valence-electron chi connectivity index (χ0n) is 6.49. The largest absolute Gasteiger partial charge is 0.179 e. The summed E-state index contributed by atoms with van der Waals surface area (Å²) in [5.74, 6) is 6.26. The molecule has 1 aliphatic rings. The summed E-state index contributed by atoms with van der Waals surface area (Å²) in [7, 11) is 0. The van der Waals surface area contributed by atoms with Gasteiger partial charge in [-0.3, -0.25) is 0 Å². The SMILES string of the molecule is SCCSCCSC1CCS1. The van der Waals surface area contributed by atoms with Crippen LogP contribution >= 0.6 is 47.9 Å². The second-order valence-corrected chi connectivity index (χ2v) is 6.89. The minimum absolute atomic E-state index is 0.937. The fraction of sp³-hybridized carbons (Fsp3) is 1.00. The van der Waals surface area contributed by atoms with Crippen molar-refractivity contribution in [2.24, 2.45) is 0 Å². The molecular weight excluding hydrogens is 212 g/mol. The smallest absolute Gasteiger partial charge is 0.0510 e. The summed E-state index contributed by atoms with van der Waals surface area (Å²) in [6, 6.07) is 0. The van der Waals surface area contributed by atoms with Gasteiger partial charge in [0.1, 0.15) is 0 Å². The van der Waals surface area contributed by atoms with Gasteiger partial charge in [-0.05, 0) is 17.9 Å². The van der Waals surface area contributed by atoms with E-state index in [2.05, 4.69) is 36.2 Å². The van der Waals surface area contributed by atoms with E-state index < -0.39 is 0 Å². The molecule has 0 amide bonds. The third-order valence-corrected chi connectivity index (χ3v) is 6.14. The van der Waals surface area contributed by atoms with Crippen molar-refractivity contribution < 1.29 is 0 Å². The van der Waals surface area contributed by atoms with Crippen LogP contribution in [-0.4, -0.2) is 33.3 Å². The summed E-state index contributed by atoms with van der Waals surface area (Å²) in [5, 5.41) is 0. The molecule has 1 aliphatic heterocycles. The number of thiol groups is 1. The summed E-state index contributed by atoms with van der Waals surface area (Å²) < 4.78 is 0.937. The molecule has 4 heteroatoms. The summed E-state index contributed by atoms with van der Waals surface area (Å²) in [6.45, 7) is 0. The average Bonchev–Trinajstić information content (AvgIpc) is 1.93. The highest BCUT2D eigenvalue weighted by molar-refractivity contribution is 8.18. The lowest BCUT2D eigenvalue weighted by Crippen LogP contribution is -2.11. The van der Waals surface area contributed by atoms with E-state index in [9.17, 15) is 0 Å². The lowest BCUT2D eigenvalue weighted by molar-refractivity contribution is 1.01. The maximum Gasteiger partial charge on any atom is 0.0510 e. The Kier molecular flexibility index (Phi) is 6.54. The molecule has 0 aliphatic carbocycles. The lowest BCUT2D eigenvalue weighted by Gasteiger charge is -2.23. The standard InChI is InChI=1S/C7H14S4/c8-2-4-9-5-6-11-7-1-3-10-7/h7-8H,1-6H2. The van der Waals surface area contributed by atoms with Crippen LogP contribution in [0.1, 0.15) is 6.42 Å². The van der Waals surface area contributed by atoms with Crippen molar-refractivity contribution in [2.45, 2.75) is 11.0 Å². The van der Waals surface area contributed by atoms with Gasteiger partial charge in [0.2, 0.25) is 0 Å². The van der Waals surface area contributed by atoms with Gasteiger partial charge in [0.25, 0.3) is 0 Å². The molecule has 0 nitrogen and oxygen atoms in total. The number of hydrogen-bond acceptors (Lipinski definition) is 4. The number of rotatable bonds is 6. The van der Waals surface area contributed by atoms with Crippen LogP contribution in [0.25, 0.3) is 0 Å². The third-order valence-electron chi connectivity index (χ3n) is 1.42. The van der Waals surface area contributed by atoms with Gasteiger partial charge in [0, 0.05) is 17.3 Å². The molecule has 1 saturated heterocycles. The van der Waals surface area contributed by atoms with Gasteiger partial charge in [-0.2, -0.15) is 24.4 Å². The van der Waals surface area contributed by atoms with E-state index in [1.807, 2.05) is 11.8 Å². The molecule has 1 fully saturated rings. The first-order chi connectivity index (χ1) is 5.43. The first-order valence-electron chi connectivity index (χ1n) is 3.85. The van der Waals surface area contributed by atoms with Gasteiger partial charge in [-0.15, -0.1) is 23.5 Å². The fourth-order valence-corrected chi connectivity index (χ4v) is 4.44. The van der Waals surface area contributed by atoms with E-state index in [1.165, 1.54) is 29.4 Å². The monoisotopic (exact) mass is 226 g/mol. The van der Waals surface area contributed by atoms with Crippen molar-refractivity contribution in [2.75, 3.05) is 28.8 Å². The molecule has 0 aromatic heterocycles. The van der Waals surface area contributed by atoms with Crippen LogP contribution in [0, 0.1) is 0 Å². The predicted molar refractivity (Wildman–Crippen MR) is 64.5 cm³/mol. The van der Waals surface area contributed by atoms with Crippen molar-refractivity contribution in [3.8, 4) is 0 Å². The number of hydrogen-bond donors (Lipinski definition) is 1. The second-order valence-electron chi connectivity index (χ2n) is 2.30. The van der Waals surface area contributed by atoms with E-state index in [0.717, 1.165) is 10.3 Å². The van der Waals surface area contributed by atoms with Crippen LogP contribution in [0.5, 0.6) is 0 Å². The Morgan fingerprint density at radius 2 is 2.18 bits per heavy atom. The van der Waals surface area contributed by atoms with Crippen molar-refractivity contribution in [3.63, 3.8) is 0 Å². The third kappa shape index (κ3) is 4.86. The van der Waals surface area contributed by atoms with Crippen molar-refractivity contribution in [1.29, 1.82) is 0 Å². The van der Waals surface area contributed by atoms with Crippen LogP contribution in [0.4, 0.5) is 0 Å². The normalized spacial score (nSPS) is 23.2. The van der Waals surface area contributed by atoms with Crippen molar-refractivity contribution in [3.05, 3.63) is 0 Å². The predicted octanol–water partition coefficient (Wildman–Crippen LogP) is 2.85. The van der Waals surface area contributed by atoms with Gasteiger partial charge in [0.05, 0.1) is 4.58 Å². The van der Waals surface area contributed by atoms with Crippen LogP contribution in [-0.2, 0) is 0 Å². The molecule has 66 valence electrons. The Bertz CT molecular complexity index is 92.4. The summed E-state index contributed by atoms with van der Waals surface area (Å²) >= 11 is 10.4. The summed E-state index contributed by atoms with van der Waals surface area (Å²) in [4.78, 5) is 0. The van der Waals surface area contributed by atoms with Crippen molar-refractivity contribution >= 4 is 47.9 Å². The molecule has 11 heavy (non-hydrogen) atoms. The van der Waals surface area contributed by atoms with Gasteiger partial charge < -0.3 is 0 Å². The Hall–Kier alpha value is 1.40. The molecular formula is C7H14S4. The maximum absolute atomic E-state index is 4.16. The van der Waals surface area contributed by atoms with E-state index in [4.69, 9.17) is 0 Å². The molecule has 1 rings (SSSR count). The summed E-state index contributed by atoms with van der Waals surface area (Å²) in [5.41, 5.74) is 0. The van der Waals surface area contributed by atoms with Crippen molar-refractivity contribution in [1.82, 2.24) is 0 Å². The Labute approximate surface area is 87.4 Å². The zero-order chi connectivity index (χ0) is 7.94. The highest BCUT2D eigenvalue weighted by Crippen LogP contribution is 2.36. The topological polar surface area (TPSA) is 0 Å². The Morgan fingerprint density at radius 1 is 1.36 bits per heavy atom. The second kappa shape index (κ2) is 6.87. The van der Waals surface area contributed by atoms with Crippen LogP contribution in [0.3, 0.4) is 0 Å². The van der Waals surface area contributed by atoms with E-state index in [-0.39, 0.29) is 0 Å². The van der Waals surface area contributed by atoms with Gasteiger partial charge in [-0.1, -0.05) is 0 Å².